The Kier molecular flexibility index (Phi) is 6.51. The van der Waals surface area contributed by atoms with Crippen LogP contribution in [-0.2, 0) is 9.53 Å². The van der Waals surface area contributed by atoms with Crippen molar-refractivity contribution in [1.82, 2.24) is 14.8 Å². The van der Waals surface area contributed by atoms with E-state index < -0.39 is 5.97 Å². The van der Waals surface area contributed by atoms with E-state index in [2.05, 4.69) is 10.3 Å². The highest BCUT2D eigenvalue weighted by Crippen LogP contribution is 2.21. The second kappa shape index (κ2) is 9.08. The Morgan fingerprint density at radius 2 is 1.73 bits per heavy atom. The summed E-state index contributed by atoms with van der Waals surface area (Å²) in [7, 11) is 1.31. The predicted octanol–water partition coefficient (Wildman–Crippen LogP) is 1.95. The summed E-state index contributed by atoms with van der Waals surface area (Å²) in [5.74, 6) is -1.21. The van der Waals surface area contributed by atoms with Crippen LogP contribution in [0.2, 0.25) is 0 Å². The van der Waals surface area contributed by atoms with Crippen LogP contribution in [-0.4, -0.2) is 72.4 Å². The number of aromatic nitrogens is 1. The molecule has 9 heteroatoms. The number of benzene rings is 1. The summed E-state index contributed by atoms with van der Waals surface area (Å²) in [6, 6.07) is 5.59. The molecule has 1 aromatic heterocycles. The zero-order valence-corrected chi connectivity index (χ0v) is 17.3. The van der Waals surface area contributed by atoms with Gasteiger partial charge in [-0.05, 0) is 43.7 Å². The summed E-state index contributed by atoms with van der Waals surface area (Å²) in [6.45, 7) is 5.66. The second-order valence-corrected chi connectivity index (χ2v) is 7.24. The number of hydrogen-bond acceptors (Lipinski definition) is 5. The Labute approximate surface area is 174 Å². The van der Waals surface area contributed by atoms with Crippen molar-refractivity contribution in [2.75, 3.05) is 45.2 Å². The fraction of sp³-hybridized carbons (Fsp3) is 0.381. The molecule has 160 valence electrons. The zero-order valence-electron chi connectivity index (χ0n) is 17.3. The first-order valence-corrected chi connectivity index (χ1v) is 9.64. The number of carbonyl (C=O) groups is 3. The maximum absolute atomic E-state index is 12.9. The summed E-state index contributed by atoms with van der Waals surface area (Å²) in [4.78, 5) is 43.7. The number of methoxy groups -OCH3 is 1. The van der Waals surface area contributed by atoms with E-state index in [4.69, 9.17) is 4.74 Å². The number of aryl methyl sites for hydroxylation is 1. The number of ether oxygens (including phenoxy) is 1. The highest BCUT2D eigenvalue weighted by Gasteiger charge is 2.28. The average molecular weight is 416 g/mol. The van der Waals surface area contributed by atoms with Crippen molar-refractivity contribution in [3.05, 3.63) is 52.6 Å². The van der Waals surface area contributed by atoms with Gasteiger partial charge in [-0.25, -0.2) is 9.18 Å². The third-order valence-electron chi connectivity index (χ3n) is 5.20. The third-order valence-corrected chi connectivity index (χ3v) is 5.20. The van der Waals surface area contributed by atoms with Gasteiger partial charge >= 0.3 is 5.97 Å². The van der Waals surface area contributed by atoms with Gasteiger partial charge in [0.2, 0.25) is 5.91 Å². The summed E-state index contributed by atoms with van der Waals surface area (Å²) in [5.41, 5.74) is 2.48. The molecule has 0 atom stereocenters. The maximum atomic E-state index is 12.9. The standard InChI is InChI=1S/C21H25FN4O4/c1-13-18(21(29)30-3)14(2)23-19(13)20(28)26-10-8-25(9-11-26)12-17(27)24-16-6-4-15(22)5-7-16/h4-7,23H,8-12H2,1-3H3,(H,24,27). The number of halogens is 1. The van der Waals surface area contributed by atoms with Gasteiger partial charge in [0.05, 0.1) is 19.2 Å². The molecule has 2 amide bonds. The molecule has 0 unspecified atom stereocenters. The monoisotopic (exact) mass is 416 g/mol. The van der Waals surface area contributed by atoms with Crippen LogP contribution in [0.5, 0.6) is 0 Å². The molecule has 1 aliphatic rings. The third kappa shape index (κ3) is 4.68. The van der Waals surface area contributed by atoms with E-state index in [1.165, 1.54) is 31.4 Å². The lowest BCUT2D eigenvalue weighted by Gasteiger charge is -2.34. The molecule has 1 saturated heterocycles. The van der Waals surface area contributed by atoms with Crippen molar-refractivity contribution >= 4 is 23.5 Å². The summed E-state index contributed by atoms with van der Waals surface area (Å²) >= 11 is 0. The molecule has 0 aliphatic carbocycles. The van der Waals surface area contributed by atoms with Crippen LogP contribution < -0.4 is 5.32 Å². The minimum Gasteiger partial charge on any atom is -0.465 e. The summed E-state index contributed by atoms with van der Waals surface area (Å²) in [5, 5.41) is 2.73. The Hall–Kier alpha value is -3.20. The van der Waals surface area contributed by atoms with Crippen molar-refractivity contribution in [3.63, 3.8) is 0 Å². The first kappa shape index (κ1) is 21.5. The molecule has 1 fully saturated rings. The van der Waals surface area contributed by atoms with Gasteiger partial charge in [0.1, 0.15) is 11.5 Å². The fourth-order valence-corrected chi connectivity index (χ4v) is 3.58. The number of amides is 2. The number of piperazine rings is 1. The highest BCUT2D eigenvalue weighted by atomic mass is 19.1. The van der Waals surface area contributed by atoms with Crippen molar-refractivity contribution in [1.29, 1.82) is 0 Å². The molecule has 0 radical (unpaired) electrons. The van der Waals surface area contributed by atoms with Crippen LogP contribution in [0.1, 0.15) is 32.1 Å². The molecule has 2 aromatic rings. The van der Waals surface area contributed by atoms with Crippen LogP contribution in [0.25, 0.3) is 0 Å². The molecule has 0 bridgehead atoms. The van der Waals surface area contributed by atoms with E-state index in [0.717, 1.165) is 0 Å². The molecular weight excluding hydrogens is 391 g/mol. The molecule has 30 heavy (non-hydrogen) atoms. The molecule has 0 saturated carbocycles. The SMILES string of the molecule is COC(=O)c1c(C)[nH]c(C(=O)N2CCN(CC(=O)Nc3ccc(F)cc3)CC2)c1C. The van der Waals surface area contributed by atoms with Gasteiger partial charge in [0.25, 0.3) is 5.91 Å². The van der Waals surface area contributed by atoms with E-state index in [-0.39, 0.29) is 24.2 Å². The molecule has 8 nitrogen and oxygen atoms in total. The van der Waals surface area contributed by atoms with Gasteiger partial charge in [-0.1, -0.05) is 0 Å². The molecule has 0 spiro atoms. The molecule has 1 aliphatic heterocycles. The van der Waals surface area contributed by atoms with Gasteiger partial charge in [0.15, 0.2) is 0 Å². The average Bonchev–Trinajstić information content (AvgIpc) is 3.03. The summed E-state index contributed by atoms with van der Waals surface area (Å²) < 4.78 is 17.7. The quantitative estimate of drug-likeness (QED) is 0.727. The van der Waals surface area contributed by atoms with E-state index in [1.807, 2.05) is 4.90 Å². The second-order valence-electron chi connectivity index (χ2n) is 7.24. The van der Waals surface area contributed by atoms with Crippen LogP contribution >= 0.6 is 0 Å². The first-order valence-electron chi connectivity index (χ1n) is 9.64. The van der Waals surface area contributed by atoms with Crippen molar-refractivity contribution in [2.45, 2.75) is 13.8 Å². The number of aromatic amines is 1. The highest BCUT2D eigenvalue weighted by molar-refractivity contribution is 6.00. The molecule has 2 N–H and O–H groups in total. The summed E-state index contributed by atoms with van der Waals surface area (Å²) in [6.07, 6.45) is 0. The number of carbonyl (C=O) groups excluding carboxylic acids is 3. The lowest BCUT2D eigenvalue weighted by atomic mass is 10.1. The van der Waals surface area contributed by atoms with Crippen molar-refractivity contribution in [2.24, 2.45) is 0 Å². The fourth-order valence-electron chi connectivity index (χ4n) is 3.58. The van der Waals surface area contributed by atoms with Gasteiger partial charge in [-0.2, -0.15) is 0 Å². The van der Waals surface area contributed by atoms with Gasteiger partial charge in [0, 0.05) is 37.6 Å². The number of H-pyrrole nitrogens is 1. The lowest BCUT2D eigenvalue weighted by molar-refractivity contribution is -0.117. The Bertz CT molecular complexity index is 947. The number of rotatable bonds is 5. The number of hydrogen-bond donors (Lipinski definition) is 2. The smallest absolute Gasteiger partial charge is 0.339 e. The van der Waals surface area contributed by atoms with Crippen LogP contribution in [0.15, 0.2) is 24.3 Å². The van der Waals surface area contributed by atoms with Gasteiger partial charge < -0.3 is 19.9 Å². The predicted molar refractivity (Wildman–Crippen MR) is 109 cm³/mol. The minimum atomic E-state index is -0.475. The molecule has 3 rings (SSSR count). The van der Waals surface area contributed by atoms with Crippen LogP contribution in [0.3, 0.4) is 0 Å². The first-order chi connectivity index (χ1) is 14.3. The number of nitrogens with zero attached hydrogens (tertiary/aromatic N) is 2. The number of anilines is 1. The van der Waals surface area contributed by atoms with E-state index >= 15 is 0 Å². The number of nitrogens with one attached hydrogen (secondary N) is 2. The number of esters is 1. The topological polar surface area (TPSA) is 94.7 Å². The minimum absolute atomic E-state index is 0.179. The van der Waals surface area contributed by atoms with Crippen LogP contribution in [0.4, 0.5) is 10.1 Å². The normalized spacial score (nSPS) is 14.5. The molecule has 1 aromatic carbocycles. The largest absolute Gasteiger partial charge is 0.465 e. The van der Waals surface area contributed by atoms with E-state index in [0.29, 0.717) is 54.4 Å². The van der Waals surface area contributed by atoms with E-state index in [9.17, 15) is 18.8 Å². The van der Waals surface area contributed by atoms with E-state index in [1.54, 1.807) is 18.7 Å². The zero-order chi connectivity index (χ0) is 21.8. The Morgan fingerprint density at radius 3 is 2.33 bits per heavy atom. The molecule has 2 heterocycles. The Morgan fingerprint density at radius 1 is 1.10 bits per heavy atom. The van der Waals surface area contributed by atoms with Gasteiger partial charge in [-0.15, -0.1) is 0 Å². The molecular formula is C21H25FN4O4. The van der Waals surface area contributed by atoms with Crippen molar-refractivity contribution < 1.29 is 23.5 Å². The van der Waals surface area contributed by atoms with Crippen LogP contribution in [0, 0.1) is 19.7 Å². The lowest BCUT2D eigenvalue weighted by Crippen LogP contribution is -2.50. The Balaban J connectivity index is 1.55. The maximum Gasteiger partial charge on any atom is 0.339 e. The van der Waals surface area contributed by atoms with Crippen molar-refractivity contribution in [3.8, 4) is 0 Å². The van der Waals surface area contributed by atoms with Gasteiger partial charge in [-0.3, -0.25) is 14.5 Å².